The van der Waals surface area contributed by atoms with Gasteiger partial charge < -0.3 is 5.11 Å². The Labute approximate surface area is 266 Å². The molecule has 0 saturated heterocycles. The summed E-state index contributed by atoms with van der Waals surface area (Å²) >= 11 is 5.74. The van der Waals surface area contributed by atoms with Crippen LogP contribution in [0.25, 0.3) is 17.5 Å². The Morgan fingerprint density at radius 1 is 0.778 bits per heavy atom. The van der Waals surface area contributed by atoms with Gasteiger partial charge in [0.05, 0.1) is 28.3 Å². The van der Waals surface area contributed by atoms with Crippen LogP contribution in [0.2, 0.25) is 0 Å². The second-order valence-corrected chi connectivity index (χ2v) is 13.6. The van der Waals surface area contributed by atoms with Crippen LogP contribution in [0.3, 0.4) is 0 Å². The summed E-state index contributed by atoms with van der Waals surface area (Å²) in [6.45, 7) is 1.74. The molecule has 9 rings (SSSR count). The minimum Gasteiger partial charge on any atom is -0.494 e. The molecule has 4 fully saturated rings. The van der Waals surface area contributed by atoms with Gasteiger partial charge in [-0.2, -0.15) is 10.1 Å². The fourth-order valence-electron chi connectivity index (χ4n) is 8.78. The Morgan fingerprint density at radius 3 is 1.87 bits per heavy atom. The molecule has 4 bridgehead atoms. The van der Waals surface area contributed by atoms with Crippen molar-refractivity contribution in [2.45, 2.75) is 50.9 Å². The van der Waals surface area contributed by atoms with Crippen molar-refractivity contribution in [1.29, 1.82) is 0 Å². The number of carbonyl (C=O) groups excluding carboxylic acids is 1. The van der Waals surface area contributed by atoms with Crippen molar-refractivity contribution in [3.63, 3.8) is 0 Å². The molecule has 1 amide bonds. The van der Waals surface area contributed by atoms with Crippen molar-refractivity contribution in [2.75, 3.05) is 5.01 Å². The summed E-state index contributed by atoms with van der Waals surface area (Å²) in [6.07, 6.45) is 9.47. The second-order valence-electron chi connectivity index (χ2n) is 13.3. The Hall–Kier alpha value is -4.56. The van der Waals surface area contributed by atoms with E-state index in [0.29, 0.717) is 22.8 Å². The first-order valence-electron chi connectivity index (χ1n) is 15.8. The standard InChI is InChI=1S/C37H34N4O3S/c1-23-31(19-32-33(42)39(28-8-4-2-5-9-28)36(45)40(34(32)43)29-10-6-3-7-11-29)35(44)41(38-23)30-14-12-27(13-15-30)37-20-24-16-25(21-37)18-26(17-24)22-37/h2-15,19,24-26,42H,16-18,20-22H2,1H3. The molecule has 7 nitrogen and oxygen atoms in total. The van der Waals surface area contributed by atoms with Gasteiger partial charge in [0.25, 0.3) is 11.5 Å². The summed E-state index contributed by atoms with van der Waals surface area (Å²) in [5, 5.41) is 17.5. The molecular weight excluding hydrogens is 580 g/mol. The number of hydrazone groups is 1. The van der Waals surface area contributed by atoms with E-state index in [1.54, 1.807) is 31.2 Å². The Kier molecular flexibility index (Phi) is 6.53. The van der Waals surface area contributed by atoms with Crippen molar-refractivity contribution in [2.24, 2.45) is 22.9 Å². The summed E-state index contributed by atoms with van der Waals surface area (Å²) in [5.41, 5.74) is 3.61. The quantitative estimate of drug-likeness (QED) is 0.189. The van der Waals surface area contributed by atoms with Gasteiger partial charge in [-0.3, -0.25) is 18.7 Å². The maximum absolute atomic E-state index is 14.0. The van der Waals surface area contributed by atoms with Crippen LogP contribution in [0.5, 0.6) is 5.88 Å². The molecular formula is C37H34N4O3S. The Balaban J connectivity index is 1.17. The molecule has 4 saturated carbocycles. The van der Waals surface area contributed by atoms with Crippen LogP contribution in [0.15, 0.2) is 100 Å². The average molecular weight is 615 g/mol. The molecule has 0 unspecified atom stereocenters. The zero-order chi connectivity index (χ0) is 30.9. The SMILES string of the molecule is CC1=NN(c2ccc(C34CC5CC(CC(C5)C3)C4)cc2)C(=O)C1=Cc1c(O)n(-c2ccccc2)c(=S)n(-c2ccccc2)c1=O. The molecule has 3 aromatic carbocycles. The highest BCUT2D eigenvalue weighted by molar-refractivity contribution is 7.71. The molecule has 45 heavy (non-hydrogen) atoms. The Bertz CT molecular complexity index is 1970. The van der Waals surface area contributed by atoms with Crippen LogP contribution in [0.4, 0.5) is 5.69 Å². The lowest BCUT2D eigenvalue weighted by atomic mass is 9.48. The fraction of sp³-hybridized carbons (Fsp3) is 0.297. The average Bonchev–Trinajstić information content (AvgIpc) is 3.32. The zero-order valence-electron chi connectivity index (χ0n) is 25.1. The number of hydrogen-bond acceptors (Lipinski definition) is 5. The van der Waals surface area contributed by atoms with E-state index in [0.717, 1.165) is 17.8 Å². The maximum Gasteiger partial charge on any atom is 0.280 e. The third-order valence-electron chi connectivity index (χ3n) is 10.4. The normalized spacial score (nSPS) is 26.1. The van der Waals surface area contributed by atoms with Gasteiger partial charge in [0.1, 0.15) is 5.56 Å². The van der Waals surface area contributed by atoms with Crippen LogP contribution in [0, 0.1) is 22.5 Å². The third-order valence-corrected chi connectivity index (χ3v) is 10.8. The molecule has 0 atom stereocenters. The van der Waals surface area contributed by atoms with Crippen molar-refractivity contribution in [3.05, 3.63) is 117 Å². The minimum absolute atomic E-state index is 0.0479. The van der Waals surface area contributed by atoms with Crippen LogP contribution in [-0.2, 0) is 10.2 Å². The monoisotopic (exact) mass is 614 g/mol. The number of rotatable bonds is 5. The molecule has 2 heterocycles. The summed E-state index contributed by atoms with van der Waals surface area (Å²) in [7, 11) is 0. The lowest BCUT2D eigenvalue weighted by Crippen LogP contribution is -2.48. The molecule has 1 N–H and O–H groups in total. The smallest absolute Gasteiger partial charge is 0.280 e. The molecule has 1 aromatic heterocycles. The van der Waals surface area contributed by atoms with E-state index in [1.807, 2.05) is 48.5 Å². The molecule has 8 heteroatoms. The number of amides is 1. The van der Waals surface area contributed by atoms with E-state index >= 15 is 0 Å². The van der Waals surface area contributed by atoms with Crippen molar-refractivity contribution < 1.29 is 9.90 Å². The van der Waals surface area contributed by atoms with E-state index in [2.05, 4.69) is 17.2 Å². The first kappa shape index (κ1) is 28.0. The predicted molar refractivity (Wildman–Crippen MR) is 179 cm³/mol. The number of para-hydroxylation sites is 2. The summed E-state index contributed by atoms with van der Waals surface area (Å²) < 4.78 is 2.94. The highest BCUT2D eigenvalue weighted by atomic mass is 32.1. The highest BCUT2D eigenvalue weighted by Crippen LogP contribution is 2.60. The largest absolute Gasteiger partial charge is 0.494 e. The Morgan fingerprint density at radius 2 is 1.31 bits per heavy atom. The van der Waals surface area contributed by atoms with Crippen molar-refractivity contribution in [3.8, 4) is 17.3 Å². The molecule has 226 valence electrons. The number of hydrogen-bond donors (Lipinski definition) is 1. The van der Waals surface area contributed by atoms with Gasteiger partial charge in [0, 0.05) is 0 Å². The van der Waals surface area contributed by atoms with E-state index in [-0.39, 0.29) is 33.1 Å². The summed E-state index contributed by atoms with van der Waals surface area (Å²) in [4.78, 5) is 27.8. The lowest BCUT2D eigenvalue weighted by molar-refractivity contribution is -0.114. The lowest BCUT2D eigenvalue weighted by Gasteiger charge is -2.57. The third kappa shape index (κ3) is 4.53. The summed E-state index contributed by atoms with van der Waals surface area (Å²) in [5.74, 6) is 1.88. The van der Waals surface area contributed by atoms with Crippen LogP contribution < -0.4 is 10.6 Å². The number of benzene rings is 3. The van der Waals surface area contributed by atoms with Gasteiger partial charge in [-0.1, -0.05) is 48.5 Å². The van der Waals surface area contributed by atoms with Crippen LogP contribution in [0.1, 0.15) is 56.6 Å². The van der Waals surface area contributed by atoms with E-state index < -0.39 is 5.56 Å². The first-order valence-corrected chi connectivity index (χ1v) is 16.2. The van der Waals surface area contributed by atoms with E-state index in [4.69, 9.17) is 12.2 Å². The van der Waals surface area contributed by atoms with Gasteiger partial charge >= 0.3 is 0 Å². The van der Waals surface area contributed by atoms with Crippen molar-refractivity contribution >= 4 is 35.6 Å². The van der Waals surface area contributed by atoms with Gasteiger partial charge in [-0.25, -0.2) is 0 Å². The van der Waals surface area contributed by atoms with Crippen molar-refractivity contribution in [1.82, 2.24) is 9.13 Å². The molecule has 1 aliphatic heterocycles. The van der Waals surface area contributed by atoms with Gasteiger partial charge in [-0.15, -0.1) is 0 Å². The van der Waals surface area contributed by atoms with Gasteiger partial charge in [-0.05, 0) is 129 Å². The molecule has 0 radical (unpaired) electrons. The molecule has 0 spiro atoms. The van der Waals surface area contributed by atoms with E-state index in [9.17, 15) is 14.7 Å². The fourth-order valence-corrected chi connectivity index (χ4v) is 9.16. The second kappa shape index (κ2) is 10.5. The van der Waals surface area contributed by atoms with Gasteiger partial charge in [0.2, 0.25) is 5.88 Å². The van der Waals surface area contributed by atoms with Crippen LogP contribution >= 0.6 is 12.2 Å². The molecule has 5 aliphatic rings. The topological polar surface area (TPSA) is 79.8 Å². The van der Waals surface area contributed by atoms with E-state index in [1.165, 1.54) is 64.3 Å². The molecule has 4 aromatic rings. The number of aromatic hydroxyl groups is 1. The highest BCUT2D eigenvalue weighted by Gasteiger charge is 2.51. The number of nitrogens with zero attached hydrogens (tertiary/aromatic N) is 4. The number of carbonyl (C=O) groups is 1. The number of anilines is 1. The van der Waals surface area contributed by atoms with Gasteiger partial charge in [0.15, 0.2) is 4.77 Å². The number of aromatic nitrogens is 2. The zero-order valence-corrected chi connectivity index (χ0v) is 25.9. The summed E-state index contributed by atoms with van der Waals surface area (Å²) in [6, 6.07) is 26.6. The predicted octanol–water partition coefficient (Wildman–Crippen LogP) is 7.34. The molecule has 4 aliphatic carbocycles. The minimum atomic E-state index is -0.526. The first-order chi connectivity index (χ1) is 21.8. The maximum atomic E-state index is 14.0. The van der Waals surface area contributed by atoms with Crippen LogP contribution in [-0.4, -0.2) is 25.9 Å².